The minimum absolute atomic E-state index is 0.0536. The number of rotatable bonds is 13. The van der Waals surface area contributed by atoms with Crippen LogP contribution in [-0.4, -0.2) is 18.5 Å². The summed E-state index contributed by atoms with van der Waals surface area (Å²) in [5.41, 5.74) is 1.32. The molecule has 0 aromatic heterocycles. The van der Waals surface area contributed by atoms with Gasteiger partial charge in [0.1, 0.15) is 5.76 Å². The van der Waals surface area contributed by atoms with E-state index in [0.29, 0.717) is 13.0 Å². The highest BCUT2D eigenvalue weighted by Crippen LogP contribution is 2.30. The van der Waals surface area contributed by atoms with Crippen LogP contribution in [0.25, 0.3) is 0 Å². The lowest BCUT2D eigenvalue weighted by Gasteiger charge is -2.07. The Labute approximate surface area is 147 Å². The van der Waals surface area contributed by atoms with Crippen LogP contribution in [0.4, 0.5) is 0 Å². The van der Waals surface area contributed by atoms with Crippen molar-refractivity contribution in [3.63, 3.8) is 0 Å². The van der Waals surface area contributed by atoms with Crippen molar-refractivity contribution in [1.82, 2.24) is 0 Å². The van der Waals surface area contributed by atoms with Crippen LogP contribution in [0, 0.1) is 0 Å². The Hall–Kier alpha value is -1.32. The molecule has 0 saturated carbocycles. The number of allylic oxidation sites excluding steroid dienone is 2. The smallest absolute Gasteiger partial charge is 0.307 e. The molecule has 4 nitrogen and oxygen atoms in total. The number of hydrogen-bond donors (Lipinski definition) is 0. The van der Waals surface area contributed by atoms with Gasteiger partial charge in [-0.3, -0.25) is 9.59 Å². The molecule has 0 aromatic carbocycles. The van der Waals surface area contributed by atoms with Gasteiger partial charge in [0.15, 0.2) is 0 Å². The van der Waals surface area contributed by atoms with Crippen LogP contribution in [0.3, 0.4) is 0 Å². The topological polar surface area (TPSA) is 52.6 Å². The van der Waals surface area contributed by atoms with Gasteiger partial charge in [-0.05, 0) is 44.1 Å². The van der Waals surface area contributed by atoms with Crippen LogP contribution in [0.5, 0.6) is 0 Å². The van der Waals surface area contributed by atoms with Crippen molar-refractivity contribution in [3.8, 4) is 0 Å². The van der Waals surface area contributed by atoms with E-state index in [-0.39, 0.29) is 11.9 Å². The number of carbonyl (C=O) groups is 2. The molecule has 1 rings (SSSR count). The summed E-state index contributed by atoms with van der Waals surface area (Å²) in [5.74, 6) is 0.647. The lowest BCUT2D eigenvalue weighted by atomic mass is 10.0. The van der Waals surface area contributed by atoms with E-state index in [1.807, 2.05) is 0 Å². The summed E-state index contributed by atoms with van der Waals surface area (Å²) in [5, 5.41) is 0. The molecule has 1 aliphatic rings. The Morgan fingerprint density at radius 2 is 1.71 bits per heavy atom. The second kappa shape index (κ2) is 13.0. The van der Waals surface area contributed by atoms with Crippen molar-refractivity contribution in [3.05, 3.63) is 11.3 Å². The number of unbranched alkanes of at least 4 members (excludes halogenated alkanes) is 6. The molecule has 0 heterocycles. The van der Waals surface area contributed by atoms with Gasteiger partial charge in [0.05, 0.1) is 6.61 Å². The third kappa shape index (κ3) is 9.74. The van der Waals surface area contributed by atoms with Gasteiger partial charge in [-0.25, -0.2) is 0 Å². The molecule has 4 heteroatoms. The van der Waals surface area contributed by atoms with E-state index in [9.17, 15) is 9.59 Å². The van der Waals surface area contributed by atoms with Crippen LogP contribution in [0.2, 0.25) is 0 Å². The molecular formula is C20H34O4. The lowest BCUT2D eigenvalue weighted by Crippen LogP contribution is -2.05. The zero-order valence-electron chi connectivity index (χ0n) is 15.5. The Morgan fingerprint density at radius 1 is 0.958 bits per heavy atom. The maximum atomic E-state index is 11.6. The second-order valence-corrected chi connectivity index (χ2v) is 6.67. The molecule has 0 atom stereocenters. The fourth-order valence-corrected chi connectivity index (χ4v) is 3.09. The maximum absolute atomic E-state index is 11.6. The van der Waals surface area contributed by atoms with Gasteiger partial charge in [0, 0.05) is 19.8 Å². The standard InChI is InChI=1S/C20H34O4/c1-3-4-5-10-16-23-20(22)15-9-7-6-8-12-18-13-11-14-19(18)24-17(2)21/h3-16H2,1-2H3. The Kier molecular flexibility index (Phi) is 11.2. The van der Waals surface area contributed by atoms with Crippen molar-refractivity contribution in [2.75, 3.05) is 6.61 Å². The van der Waals surface area contributed by atoms with Crippen LogP contribution in [0.15, 0.2) is 11.3 Å². The molecule has 0 bridgehead atoms. The average molecular weight is 338 g/mol. The zero-order chi connectivity index (χ0) is 17.6. The monoisotopic (exact) mass is 338 g/mol. The van der Waals surface area contributed by atoms with Crippen LogP contribution in [0.1, 0.15) is 97.3 Å². The molecule has 0 radical (unpaired) electrons. The van der Waals surface area contributed by atoms with Gasteiger partial charge >= 0.3 is 11.9 Å². The summed E-state index contributed by atoms with van der Waals surface area (Å²) >= 11 is 0. The average Bonchev–Trinajstić information content (AvgIpc) is 2.97. The molecule has 0 N–H and O–H groups in total. The minimum atomic E-state index is -0.211. The summed E-state index contributed by atoms with van der Waals surface area (Å²) in [4.78, 5) is 22.6. The second-order valence-electron chi connectivity index (χ2n) is 6.67. The van der Waals surface area contributed by atoms with Crippen LogP contribution >= 0.6 is 0 Å². The lowest BCUT2D eigenvalue weighted by molar-refractivity contribution is -0.144. The summed E-state index contributed by atoms with van der Waals surface area (Å²) in [6.07, 6.45) is 13.3. The minimum Gasteiger partial charge on any atom is -0.466 e. The van der Waals surface area contributed by atoms with E-state index < -0.39 is 0 Å². The number of esters is 2. The van der Waals surface area contributed by atoms with Gasteiger partial charge < -0.3 is 9.47 Å². The largest absolute Gasteiger partial charge is 0.466 e. The van der Waals surface area contributed by atoms with Gasteiger partial charge in [-0.1, -0.05) is 39.0 Å². The molecule has 0 unspecified atom stereocenters. The summed E-state index contributed by atoms with van der Waals surface area (Å²) in [6.45, 7) is 4.21. The third-order valence-corrected chi connectivity index (χ3v) is 4.41. The normalized spacial score (nSPS) is 14.1. The molecule has 138 valence electrons. The van der Waals surface area contributed by atoms with E-state index in [4.69, 9.17) is 9.47 Å². The number of hydrogen-bond acceptors (Lipinski definition) is 4. The van der Waals surface area contributed by atoms with Crippen LogP contribution in [-0.2, 0) is 19.1 Å². The molecule has 0 saturated heterocycles. The first-order chi connectivity index (χ1) is 11.6. The Bertz CT molecular complexity index is 412. The molecule has 1 aliphatic carbocycles. The molecular weight excluding hydrogens is 304 g/mol. The molecule has 0 spiro atoms. The van der Waals surface area contributed by atoms with E-state index in [2.05, 4.69) is 6.92 Å². The fraction of sp³-hybridized carbons (Fsp3) is 0.800. The molecule has 0 fully saturated rings. The quantitative estimate of drug-likeness (QED) is 0.331. The SMILES string of the molecule is CCCCCCOC(=O)CCCCCCC1=C(OC(C)=O)CCC1. The van der Waals surface area contributed by atoms with Crippen LogP contribution < -0.4 is 0 Å². The first-order valence-corrected chi connectivity index (χ1v) is 9.68. The van der Waals surface area contributed by atoms with Gasteiger partial charge in [-0.15, -0.1) is 0 Å². The van der Waals surface area contributed by atoms with Crippen molar-refractivity contribution in [2.24, 2.45) is 0 Å². The summed E-state index contributed by atoms with van der Waals surface area (Å²) in [7, 11) is 0. The number of carbonyl (C=O) groups excluding carboxylic acids is 2. The first kappa shape index (κ1) is 20.7. The van der Waals surface area contributed by atoms with Gasteiger partial charge in [0.2, 0.25) is 0 Å². The third-order valence-electron chi connectivity index (χ3n) is 4.41. The van der Waals surface area contributed by atoms with Crippen molar-refractivity contribution in [2.45, 2.75) is 97.3 Å². The highest BCUT2D eigenvalue weighted by Gasteiger charge is 2.16. The predicted molar refractivity (Wildman–Crippen MR) is 95.4 cm³/mol. The molecule has 0 aromatic rings. The van der Waals surface area contributed by atoms with E-state index in [1.165, 1.54) is 25.3 Å². The molecule has 0 amide bonds. The first-order valence-electron chi connectivity index (χ1n) is 9.68. The van der Waals surface area contributed by atoms with Gasteiger partial charge in [-0.2, -0.15) is 0 Å². The summed E-state index contributed by atoms with van der Waals surface area (Å²) in [6, 6.07) is 0. The van der Waals surface area contributed by atoms with E-state index in [1.54, 1.807) is 0 Å². The fourth-order valence-electron chi connectivity index (χ4n) is 3.09. The number of ether oxygens (including phenoxy) is 2. The summed E-state index contributed by atoms with van der Waals surface area (Å²) < 4.78 is 10.5. The highest BCUT2D eigenvalue weighted by molar-refractivity contribution is 5.69. The molecule has 24 heavy (non-hydrogen) atoms. The van der Waals surface area contributed by atoms with E-state index >= 15 is 0 Å². The zero-order valence-corrected chi connectivity index (χ0v) is 15.5. The molecule has 0 aliphatic heterocycles. The van der Waals surface area contributed by atoms with E-state index in [0.717, 1.165) is 70.0 Å². The Morgan fingerprint density at radius 3 is 2.46 bits per heavy atom. The van der Waals surface area contributed by atoms with Crippen molar-refractivity contribution < 1.29 is 19.1 Å². The highest BCUT2D eigenvalue weighted by atomic mass is 16.5. The maximum Gasteiger partial charge on any atom is 0.307 e. The van der Waals surface area contributed by atoms with Crippen molar-refractivity contribution in [1.29, 1.82) is 0 Å². The Balaban J connectivity index is 2.00. The predicted octanol–water partition coefficient (Wildman–Crippen LogP) is 5.45. The van der Waals surface area contributed by atoms with Gasteiger partial charge in [0.25, 0.3) is 0 Å². The van der Waals surface area contributed by atoms with Crippen molar-refractivity contribution >= 4 is 11.9 Å².